The fourth-order valence-electron chi connectivity index (χ4n) is 4.43. The van der Waals surface area contributed by atoms with Crippen LogP contribution in [0.5, 0.6) is 0 Å². The molecule has 0 spiro atoms. The van der Waals surface area contributed by atoms with Gasteiger partial charge >= 0.3 is 0 Å². The van der Waals surface area contributed by atoms with Crippen molar-refractivity contribution in [1.29, 1.82) is 0 Å². The Morgan fingerprint density at radius 2 is 1.97 bits per heavy atom. The number of hydrogen-bond acceptors (Lipinski definition) is 5. The van der Waals surface area contributed by atoms with E-state index in [1.54, 1.807) is 0 Å². The van der Waals surface area contributed by atoms with Crippen LogP contribution in [0, 0.1) is 6.92 Å². The predicted molar refractivity (Wildman–Crippen MR) is 121 cm³/mol. The van der Waals surface area contributed by atoms with Crippen molar-refractivity contribution in [3.8, 4) is 0 Å². The van der Waals surface area contributed by atoms with Gasteiger partial charge in [0.2, 0.25) is 0 Å². The second kappa shape index (κ2) is 12.2. The third kappa shape index (κ3) is 6.94. The van der Waals surface area contributed by atoms with Crippen molar-refractivity contribution in [3.63, 3.8) is 0 Å². The third-order valence-electron chi connectivity index (χ3n) is 6.49. The molecule has 1 saturated carbocycles. The van der Waals surface area contributed by atoms with Crippen molar-refractivity contribution in [1.82, 2.24) is 30.3 Å². The first kappa shape index (κ1) is 23.0. The molecular weight excluding hydrogens is 378 g/mol. The van der Waals surface area contributed by atoms with Gasteiger partial charge in [-0.15, -0.1) is 10.2 Å². The summed E-state index contributed by atoms with van der Waals surface area (Å²) in [6, 6.07) is 0.591. The van der Waals surface area contributed by atoms with Gasteiger partial charge in [0.25, 0.3) is 0 Å². The number of likely N-dealkylation sites (tertiary alicyclic amines) is 1. The Morgan fingerprint density at radius 1 is 1.13 bits per heavy atom. The topological polar surface area (TPSA) is 79.6 Å². The molecule has 0 radical (unpaired) electrons. The number of likely N-dealkylation sites (N-methyl/N-ethyl adjacent to an activating group) is 1. The van der Waals surface area contributed by atoms with Crippen LogP contribution in [-0.4, -0.2) is 70.6 Å². The van der Waals surface area contributed by atoms with Crippen LogP contribution in [0.15, 0.2) is 4.99 Å². The van der Waals surface area contributed by atoms with Crippen LogP contribution in [0.1, 0.15) is 69.9 Å². The van der Waals surface area contributed by atoms with Gasteiger partial charge in [-0.25, -0.2) is 4.99 Å². The summed E-state index contributed by atoms with van der Waals surface area (Å²) in [5.41, 5.74) is 0. The molecule has 1 aromatic rings. The lowest BCUT2D eigenvalue weighted by Crippen LogP contribution is -2.45. The highest BCUT2D eigenvalue weighted by Gasteiger charge is 2.22. The van der Waals surface area contributed by atoms with Crippen molar-refractivity contribution in [2.24, 2.45) is 12.0 Å². The number of nitrogens with one attached hydrogen (secondary N) is 2. The molecule has 3 rings (SSSR count). The number of hydrogen-bond donors (Lipinski definition) is 2. The summed E-state index contributed by atoms with van der Waals surface area (Å²) in [6.07, 6.45) is 10.5. The van der Waals surface area contributed by atoms with Gasteiger partial charge in [0.1, 0.15) is 12.4 Å². The summed E-state index contributed by atoms with van der Waals surface area (Å²) in [7, 11) is 1.99. The molecule has 1 aromatic heterocycles. The Kier molecular flexibility index (Phi) is 9.39. The van der Waals surface area contributed by atoms with Crippen LogP contribution < -0.4 is 10.6 Å². The highest BCUT2D eigenvalue weighted by molar-refractivity contribution is 5.79. The average molecular weight is 420 g/mol. The van der Waals surface area contributed by atoms with Gasteiger partial charge < -0.3 is 19.9 Å². The fourth-order valence-corrected chi connectivity index (χ4v) is 4.43. The Labute approximate surface area is 181 Å². The van der Waals surface area contributed by atoms with Crippen molar-refractivity contribution in [3.05, 3.63) is 11.6 Å². The van der Waals surface area contributed by atoms with E-state index in [2.05, 4.69) is 32.7 Å². The molecule has 2 N–H and O–H groups in total. The number of guanidine groups is 1. The summed E-state index contributed by atoms with van der Waals surface area (Å²) in [5, 5.41) is 15.4. The van der Waals surface area contributed by atoms with Crippen LogP contribution >= 0.6 is 0 Å². The van der Waals surface area contributed by atoms with E-state index >= 15 is 0 Å². The lowest BCUT2D eigenvalue weighted by atomic mass is 9.98. The molecule has 1 unspecified atom stereocenters. The number of aromatic nitrogens is 3. The molecule has 1 atom stereocenters. The number of ether oxygens (including phenoxy) is 1. The van der Waals surface area contributed by atoms with E-state index in [-0.39, 0.29) is 0 Å². The van der Waals surface area contributed by atoms with Gasteiger partial charge in [0, 0.05) is 32.8 Å². The van der Waals surface area contributed by atoms with Crippen LogP contribution in [0.3, 0.4) is 0 Å². The Balaban J connectivity index is 1.46. The first-order valence-corrected chi connectivity index (χ1v) is 11.9. The first-order valence-electron chi connectivity index (χ1n) is 11.9. The smallest absolute Gasteiger partial charge is 0.191 e. The van der Waals surface area contributed by atoms with Gasteiger partial charge in [-0.3, -0.25) is 4.90 Å². The number of nitrogens with zero attached hydrogens (tertiary/aromatic N) is 5. The first-order chi connectivity index (χ1) is 14.7. The molecule has 1 aliphatic carbocycles. The van der Waals surface area contributed by atoms with E-state index in [0.29, 0.717) is 18.7 Å². The van der Waals surface area contributed by atoms with E-state index < -0.39 is 0 Å². The molecule has 1 saturated heterocycles. The van der Waals surface area contributed by atoms with Crippen molar-refractivity contribution < 1.29 is 4.74 Å². The number of aliphatic imine (C=N–C) groups is 1. The van der Waals surface area contributed by atoms with E-state index in [0.717, 1.165) is 50.3 Å². The normalized spacial score (nSPS) is 21.3. The summed E-state index contributed by atoms with van der Waals surface area (Å²) in [4.78, 5) is 7.33. The number of rotatable bonds is 10. The largest absolute Gasteiger partial charge is 0.378 e. The minimum absolute atomic E-state index is 0.478. The van der Waals surface area contributed by atoms with Crippen molar-refractivity contribution >= 4 is 5.96 Å². The molecule has 2 fully saturated rings. The number of aryl methyl sites for hydroxylation is 1. The van der Waals surface area contributed by atoms with Gasteiger partial charge in [-0.2, -0.15) is 0 Å². The summed E-state index contributed by atoms with van der Waals surface area (Å²) in [5.74, 6) is 2.65. The molecule has 8 nitrogen and oxygen atoms in total. The molecular formula is C22H41N7O. The maximum absolute atomic E-state index is 6.05. The second-order valence-corrected chi connectivity index (χ2v) is 8.60. The van der Waals surface area contributed by atoms with E-state index in [4.69, 9.17) is 9.73 Å². The molecule has 1 aliphatic heterocycles. The zero-order valence-electron chi connectivity index (χ0n) is 19.2. The molecule has 0 aromatic carbocycles. The highest BCUT2D eigenvalue weighted by atomic mass is 16.5. The van der Waals surface area contributed by atoms with Gasteiger partial charge in [0.15, 0.2) is 11.8 Å². The van der Waals surface area contributed by atoms with Crippen LogP contribution in [0.2, 0.25) is 0 Å². The van der Waals surface area contributed by atoms with Gasteiger partial charge in [-0.05, 0) is 52.1 Å². The predicted octanol–water partition coefficient (Wildman–Crippen LogP) is 2.38. The zero-order chi connectivity index (χ0) is 21.2. The molecule has 2 aliphatic rings. The van der Waals surface area contributed by atoms with Gasteiger partial charge in [0.05, 0.1) is 6.10 Å². The van der Waals surface area contributed by atoms with E-state index in [1.807, 2.05) is 18.5 Å². The molecule has 8 heteroatoms. The molecule has 0 amide bonds. The summed E-state index contributed by atoms with van der Waals surface area (Å²) in [6.45, 7) is 9.65. The Bertz CT molecular complexity index is 654. The highest BCUT2D eigenvalue weighted by Crippen LogP contribution is 2.20. The quantitative estimate of drug-likeness (QED) is 0.344. The zero-order valence-corrected chi connectivity index (χ0v) is 19.2. The van der Waals surface area contributed by atoms with Gasteiger partial charge in [-0.1, -0.05) is 26.2 Å². The van der Waals surface area contributed by atoms with E-state index in [9.17, 15) is 0 Å². The average Bonchev–Trinajstić information content (AvgIpc) is 3.36. The monoisotopic (exact) mass is 419 g/mol. The molecule has 0 bridgehead atoms. The second-order valence-electron chi connectivity index (χ2n) is 8.60. The van der Waals surface area contributed by atoms with Crippen LogP contribution in [0.4, 0.5) is 0 Å². The summed E-state index contributed by atoms with van der Waals surface area (Å²) < 4.78 is 8.05. The third-order valence-corrected chi connectivity index (χ3v) is 6.49. The summed E-state index contributed by atoms with van der Waals surface area (Å²) >= 11 is 0. The van der Waals surface area contributed by atoms with Crippen LogP contribution in [0.25, 0.3) is 0 Å². The molecule has 30 heavy (non-hydrogen) atoms. The molecule has 2 heterocycles. The SMILES string of the molecule is CCN1CCCC1CNC(=NCc1nnc(C)n1C)NCCCOC1CCCCC1. The van der Waals surface area contributed by atoms with Crippen molar-refractivity contribution in [2.45, 2.75) is 83.9 Å². The minimum atomic E-state index is 0.478. The fraction of sp³-hybridized carbons (Fsp3) is 0.864. The lowest BCUT2D eigenvalue weighted by molar-refractivity contribution is 0.0277. The Morgan fingerprint density at radius 3 is 2.70 bits per heavy atom. The lowest BCUT2D eigenvalue weighted by Gasteiger charge is -2.24. The minimum Gasteiger partial charge on any atom is -0.378 e. The Hall–Kier alpha value is -1.67. The molecule has 170 valence electrons. The van der Waals surface area contributed by atoms with Crippen molar-refractivity contribution in [2.75, 3.05) is 32.8 Å². The maximum Gasteiger partial charge on any atom is 0.191 e. The van der Waals surface area contributed by atoms with E-state index in [1.165, 1.54) is 51.5 Å². The maximum atomic E-state index is 6.05. The van der Waals surface area contributed by atoms with Crippen LogP contribution in [-0.2, 0) is 18.3 Å². The standard InChI is InChI=1S/C22H41N7O/c1-4-29-14-8-10-19(29)16-24-22(25-17-21-27-26-18(2)28(21)3)23-13-9-15-30-20-11-6-5-7-12-20/h19-20H,4-17H2,1-3H3,(H2,23,24,25).